The Kier molecular flexibility index (Phi) is 6.05. The van der Waals surface area contributed by atoms with Crippen LogP contribution in [0.15, 0.2) is 18.2 Å². The lowest BCUT2D eigenvalue weighted by Crippen LogP contribution is -2.29. The third-order valence-electron chi connectivity index (χ3n) is 3.29. The van der Waals surface area contributed by atoms with E-state index in [-0.39, 0.29) is 11.3 Å². The second-order valence-corrected chi connectivity index (χ2v) is 4.91. The summed E-state index contributed by atoms with van der Waals surface area (Å²) in [5.74, 6) is -0.401. The first kappa shape index (κ1) is 17.3. The molecule has 21 heavy (non-hydrogen) atoms. The Bertz CT molecular complexity index is 486. The van der Waals surface area contributed by atoms with Crippen LogP contribution in [0.5, 0.6) is 0 Å². The summed E-state index contributed by atoms with van der Waals surface area (Å²) in [4.78, 5) is 13.8. The molecule has 3 nitrogen and oxygen atoms in total. The lowest BCUT2D eigenvalue weighted by atomic mass is 10.1. The van der Waals surface area contributed by atoms with Crippen molar-refractivity contribution in [1.29, 1.82) is 0 Å². The summed E-state index contributed by atoms with van der Waals surface area (Å²) in [5, 5.41) is 2.51. The molecule has 0 aliphatic rings. The number of para-hydroxylation sites is 1. The zero-order valence-electron chi connectivity index (χ0n) is 12.5. The molecule has 6 heteroatoms. The summed E-state index contributed by atoms with van der Waals surface area (Å²) in [6, 6.07) is 3.65. The number of nitrogens with one attached hydrogen (secondary N) is 1. The van der Waals surface area contributed by atoms with Crippen molar-refractivity contribution in [3.05, 3.63) is 29.3 Å². The number of rotatable bonds is 6. The molecule has 1 N–H and O–H groups in total. The molecule has 1 rings (SSSR count). The predicted octanol–water partition coefficient (Wildman–Crippen LogP) is 4.01. The summed E-state index contributed by atoms with van der Waals surface area (Å²) >= 11 is 0. The van der Waals surface area contributed by atoms with Crippen LogP contribution in [0.3, 0.4) is 0 Å². The van der Waals surface area contributed by atoms with Crippen LogP contribution in [0.1, 0.15) is 42.1 Å². The molecule has 0 bridgehead atoms. The fraction of sp³-hybridized carbons (Fsp3) is 0.533. The molecule has 0 spiro atoms. The van der Waals surface area contributed by atoms with Crippen molar-refractivity contribution in [3.8, 4) is 0 Å². The third-order valence-corrected chi connectivity index (χ3v) is 3.29. The van der Waals surface area contributed by atoms with Gasteiger partial charge in [-0.15, -0.1) is 0 Å². The van der Waals surface area contributed by atoms with Crippen molar-refractivity contribution in [2.45, 2.75) is 32.4 Å². The summed E-state index contributed by atoms with van der Waals surface area (Å²) in [6.45, 7) is 2.58. The summed E-state index contributed by atoms with van der Waals surface area (Å²) in [5.41, 5.74) is -0.943. The molecule has 0 radical (unpaired) electrons. The van der Waals surface area contributed by atoms with Gasteiger partial charge in [0, 0.05) is 20.6 Å². The quantitative estimate of drug-likeness (QED) is 0.805. The molecular formula is C15H21F3N2O. The topological polar surface area (TPSA) is 32.3 Å². The van der Waals surface area contributed by atoms with Crippen LogP contribution in [0.4, 0.5) is 18.9 Å². The van der Waals surface area contributed by atoms with Crippen LogP contribution >= 0.6 is 0 Å². The smallest absolute Gasteiger partial charge is 0.387 e. The Balaban J connectivity index is 3.04. The van der Waals surface area contributed by atoms with Gasteiger partial charge in [0.1, 0.15) is 0 Å². The van der Waals surface area contributed by atoms with Gasteiger partial charge in [0.05, 0.1) is 16.8 Å². The number of benzene rings is 1. The molecule has 0 saturated heterocycles. The molecular weight excluding hydrogens is 281 g/mol. The molecule has 1 aromatic carbocycles. The first-order valence-corrected chi connectivity index (χ1v) is 6.96. The van der Waals surface area contributed by atoms with Crippen LogP contribution in [0, 0.1) is 0 Å². The van der Waals surface area contributed by atoms with E-state index in [0.717, 1.165) is 25.3 Å². The summed E-state index contributed by atoms with van der Waals surface area (Å²) in [6.07, 6.45) is -1.64. The highest BCUT2D eigenvalue weighted by Gasteiger charge is 2.35. The Morgan fingerprint density at radius 2 is 1.95 bits per heavy atom. The fourth-order valence-electron chi connectivity index (χ4n) is 2.14. The van der Waals surface area contributed by atoms with E-state index in [1.165, 1.54) is 24.1 Å². The number of halogens is 3. The van der Waals surface area contributed by atoms with Crippen LogP contribution in [0.25, 0.3) is 0 Å². The molecule has 0 aromatic heterocycles. The van der Waals surface area contributed by atoms with Crippen LogP contribution in [0.2, 0.25) is 0 Å². The maximum Gasteiger partial charge on any atom is 0.418 e. The van der Waals surface area contributed by atoms with E-state index in [0.29, 0.717) is 6.54 Å². The molecule has 0 aliphatic carbocycles. The highest BCUT2D eigenvalue weighted by molar-refractivity contribution is 6.00. The number of unbranched alkanes of at least 4 members (excludes halogenated alkanes) is 2. The number of carbonyl (C=O) groups excluding carboxylic acids is 1. The molecule has 0 heterocycles. The predicted molar refractivity (Wildman–Crippen MR) is 77.5 cm³/mol. The van der Waals surface area contributed by atoms with Gasteiger partial charge in [-0.25, -0.2) is 0 Å². The molecule has 118 valence electrons. The largest absolute Gasteiger partial charge is 0.418 e. The van der Waals surface area contributed by atoms with Gasteiger partial charge in [-0.2, -0.15) is 13.2 Å². The summed E-state index contributed by atoms with van der Waals surface area (Å²) in [7, 11) is 3.00. The number of alkyl halides is 3. The Morgan fingerprint density at radius 3 is 2.48 bits per heavy atom. The Labute approximate surface area is 123 Å². The number of carbonyl (C=O) groups is 1. The molecule has 0 aliphatic heterocycles. The van der Waals surface area contributed by atoms with Crippen molar-refractivity contribution < 1.29 is 18.0 Å². The van der Waals surface area contributed by atoms with E-state index in [1.54, 1.807) is 7.05 Å². The minimum Gasteiger partial charge on any atom is -0.387 e. The zero-order chi connectivity index (χ0) is 16.0. The third kappa shape index (κ3) is 4.37. The Hall–Kier alpha value is -1.72. The van der Waals surface area contributed by atoms with Crippen molar-refractivity contribution in [2.75, 3.05) is 26.0 Å². The first-order valence-electron chi connectivity index (χ1n) is 6.96. The van der Waals surface area contributed by atoms with Crippen LogP contribution in [-0.4, -0.2) is 31.4 Å². The Morgan fingerprint density at radius 1 is 1.29 bits per heavy atom. The molecule has 1 amide bonds. The van der Waals surface area contributed by atoms with E-state index in [1.807, 2.05) is 6.92 Å². The molecule has 0 saturated carbocycles. The van der Waals surface area contributed by atoms with Gasteiger partial charge in [-0.3, -0.25) is 4.79 Å². The molecule has 0 fully saturated rings. The van der Waals surface area contributed by atoms with Crippen molar-refractivity contribution >= 4 is 11.6 Å². The monoisotopic (exact) mass is 302 g/mol. The second kappa shape index (κ2) is 7.33. The van der Waals surface area contributed by atoms with E-state index < -0.39 is 17.6 Å². The molecule has 1 aromatic rings. The lowest BCUT2D eigenvalue weighted by Gasteiger charge is -2.21. The van der Waals surface area contributed by atoms with Gasteiger partial charge in [0.25, 0.3) is 5.91 Å². The van der Waals surface area contributed by atoms with Crippen LogP contribution < -0.4 is 5.32 Å². The van der Waals surface area contributed by atoms with Gasteiger partial charge < -0.3 is 10.2 Å². The van der Waals surface area contributed by atoms with Crippen molar-refractivity contribution in [3.63, 3.8) is 0 Å². The maximum absolute atomic E-state index is 13.0. The SMILES string of the molecule is CCCCCN(C)C(=O)c1cccc(C(F)(F)F)c1NC. The zero-order valence-corrected chi connectivity index (χ0v) is 12.5. The van der Waals surface area contributed by atoms with Gasteiger partial charge in [0.15, 0.2) is 0 Å². The van der Waals surface area contributed by atoms with Gasteiger partial charge in [-0.1, -0.05) is 25.8 Å². The normalized spacial score (nSPS) is 11.3. The van der Waals surface area contributed by atoms with E-state index in [4.69, 9.17) is 0 Å². The number of anilines is 1. The standard InChI is InChI=1S/C15H21F3N2O/c1-4-5-6-10-20(3)14(21)11-8-7-9-12(13(11)19-2)15(16,17)18/h7-9,19H,4-6,10H2,1-3H3. The molecule has 0 atom stereocenters. The number of amides is 1. The highest BCUT2D eigenvalue weighted by Crippen LogP contribution is 2.36. The number of hydrogen-bond acceptors (Lipinski definition) is 2. The van der Waals surface area contributed by atoms with Crippen molar-refractivity contribution in [1.82, 2.24) is 4.90 Å². The average molecular weight is 302 g/mol. The fourth-order valence-corrected chi connectivity index (χ4v) is 2.14. The average Bonchev–Trinajstić information content (AvgIpc) is 2.44. The minimum atomic E-state index is -4.49. The van der Waals surface area contributed by atoms with E-state index >= 15 is 0 Å². The number of hydrogen-bond donors (Lipinski definition) is 1. The maximum atomic E-state index is 13.0. The van der Waals surface area contributed by atoms with Crippen molar-refractivity contribution in [2.24, 2.45) is 0 Å². The van der Waals surface area contributed by atoms with E-state index in [2.05, 4.69) is 5.32 Å². The lowest BCUT2D eigenvalue weighted by molar-refractivity contribution is -0.136. The molecule has 0 unspecified atom stereocenters. The highest BCUT2D eigenvalue weighted by atomic mass is 19.4. The van der Waals surface area contributed by atoms with Gasteiger partial charge in [0.2, 0.25) is 0 Å². The van der Waals surface area contributed by atoms with Crippen LogP contribution in [-0.2, 0) is 6.18 Å². The minimum absolute atomic E-state index is 0.0475. The summed E-state index contributed by atoms with van der Waals surface area (Å²) < 4.78 is 38.9. The van der Waals surface area contributed by atoms with E-state index in [9.17, 15) is 18.0 Å². The number of nitrogens with zero attached hydrogens (tertiary/aromatic N) is 1. The first-order chi connectivity index (χ1) is 9.82. The second-order valence-electron chi connectivity index (χ2n) is 4.91. The van der Waals surface area contributed by atoms with Gasteiger partial charge in [-0.05, 0) is 18.6 Å². The van der Waals surface area contributed by atoms with Gasteiger partial charge >= 0.3 is 6.18 Å².